The number of aliphatic hydroxyl groups is 1. The Balaban J connectivity index is 5.41. The highest BCUT2D eigenvalue weighted by atomic mass is 19.4. The third-order valence-electron chi connectivity index (χ3n) is 4.03. The molecule has 144 valence electrons. The largest absolute Gasteiger partial charge is 0.462 e. The number of hydrogen-bond acceptors (Lipinski definition) is 3. The summed E-state index contributed by atoms with van der Waals surface area (Å²) in [6.07, 6.45) is -13.1. The molecular weight excluding hydrogens is 342 g/mol. The number of halogens is 6. The second-order valence-corrected chi connectivity index (χ2v) is 6.82. The number of hydrogen-bond donors (Lipinski definition) is 1. The Morgan fingerprint density at radius 3 is 1.79 bits per heavy atom. The quantitative estimate of drug-likeness (QED) is 0.528. The number of alkyl halides is 6. The van der Waals surface area contributed by atoms with E-state index in [0.717, 1.165) is 6.92 Å². The van der Waals surface area contributed by atoms with Crippen LogP contribution in [0.4, 0.5) is 26.3 Å². The molecule has 0 saturated heterocycles. The first-order chi connectivity index (χ1) is 10.5. The topological polar surface area (TPSA) is 46.5 Å². The van der Waals surface area contributed by atoms with Crippen molar-refractivity contribution in [2.45, 2.75) is 77.9 Å². The van der Waals surface area contributed by atoms with Crippen molar-refractivity contribution in [3.8, 4) is 0 Å². The van der Waals surface area contributed by atoms with Gasteiger partial charge in [0, 0.05) is 6.42 Å². The van der Waals surface area contributed by atoms with Crippen molar-refractivity contribution in [1.29, 1.82) is 0 Å². The molecule has 0 bridgehead atoms. The summed E-state index contributed by atoms with van der Waals surface area (Å²) in [6, 6.07) is 0. The Morgan fingerprint density at radius 2 is 1.50 bits per heavy atom. The number of rotatable bonds is 7. The maximum absolute atomic E-state index is 13.1. The van der Waals surface area contributed by atoms with Gasteiger partial charge in [0.15, 0.2) is 11.0 Å². The number of carbonyl (C=O) groups is 1. The molecule has 0 aliphatic rings. The van der Waals surface area contributed by atoms with E-state index >= 15 is 0 Å². The van der Waals surface area contributed by atoms with Crippen LogP contribution in [0.15, 0.2) is 0 Å². The predicted octanol–water partition coefficient (Wildman–Crippen LogP) is 4.63. The Bertz CT molecular complexity index is 428. The number of carbonyl (C=O) groups excluding carboxylic acids is 1. The molecule has 1 N–H and O–H groups in total. The normalized spacial score (nSPS) is 19.5. The average Bonchev–Trinajstić information content (AvgIpc) is 2.33. The Morgan fingerprint density at radius 1 is 1.04 bits per heavy atom. The molecule has 0 aromatic carbocycles. The van der Waals surface area contributed by atoms with Crippen molar-refractivity contribution in [1.82, 2.24) is 0 Å². The minimum Gasteiger partial charge on any atom is -0.462 e. The fourth-order valence-electron chi connectivity index (χ4n) is 2.00. The summed E-state index contributed by atoms with van der Waals surface area (Å²) in [5, 5.41) is 9.53. The van der Waals surface area contributed by atoms with Gasteiger partial charge < -0.3 is 9.84 Å². The van der Waals surface area contributed by atoms with Gasteiger partial charge in [-0.2, -0.15) is 26.3 Å². The summed E-state index contributed by atoms with van der Waals surface area (Å²) in [5.74, 6) is -1.88. The molecular formula is C15H24F6O3. The molecule has 0 fully saturated rings. The standard InChI is InChI=1S/C15H24F6O3/c1-6-12(4,14(16,17)18)11(22)24-10(7-9(2)3)8-13(5,23)15(19,20)21/h9-10,23H,6-8H2,1-5H3. The summed E-state index contributed by atoms with van der Waals surface area (Å²) in [6.45, 7) is 5.51. The van der Waals surface area contributed by atoms with Crippen LogP contribution in [0.1, 0.15) is 53.9 Å². The number of esters is 1. The van der Waals surface area contributed by atoms with Gasteiger partial charge in [-0.15, -0.1) is 0 Å². The Hall–Kier alpha value is -0.990. The zero-order valence-electron chi connectivity index (χ0n) is 14.3. The highest BCUT2D eigenvalue weighted by Gasteiger charge is 2.57. The lowest BCUT2D eigenvalue weighted by Crippen LogP contribution is -2.48. The van der Waals surface area contributed by atoms with Gasteiger partial charge in [-0.25, -0.2) is 0 Å². The van der Waals surface area contributed by atoms with Crippen molar-refractivity contribution in [3.05, 3.63) is 0 Å². The van der Waals surface area contributed by atoms with Crippen LogP contribution in [0, 0.1) is 11.3 Å². The SMILES string of the molecule is CCC(C)(C(=O)OC(CC(C)C)CC(C)(O)C(F)(F)F)C(F)(F)F. The van der Waals surface area contributed by atoms with Crippen molar-refractivity contribution < 1.29 is 41.0 Å². The van der Waals surface area contributed by atoms with E-state index in [0.29, 0.717) is 13.8 Å². The average molecular weight is 366 g/mol. The first-order valence-electron chi connectivity index (χ1n) is 7.55. The van der Waals surface area contributed by atoms with Gasteiger partial charge in [0.05, 0.1) is 0 Å². The van der Waals surface area contributed by atoms with Gasteiger partial charge in [0.1, 0.15) is 6.10 Å². The fourth-order valence-corrected chi connectivity index (χ4v) is 2.00. The minimum atomic E-state index is -4.99. The molecule has 0 radical (unpaired) electrons. The second-order valence-electron chi connectivity index (χ2n) is 6.82. The molecule has 3 unspecified atom stereocenters. The molecule has 0 amide bonds. The van der Waals surface area contributed by atoms with Crippen LogP contribution in [0.5, 0.6) is 0 Å². The third-order valence-corrected chi connectivity index (χ3v) is 4.03. The van der Waals surface area contributed by atoms with Crippen LogP contribution in [0.3, 0.4) is 0 Å². The van der Waals surface area contributed by atoms with Gasteiger partial charge in [0.2, 0.25) is 0 Å². The number of ether oxygens (including phenoxy) is 1. The van der Waals surface area contributed by atoms with Crippen LogP contribution < -0.4 is 0 Å². The lowest BCUT2D eigenvalue weighted by atomic mass is 9.86. The zero-order chi connectivity index (χ0) is 19.6. The monoisotopic (exact) mass is 366 g/mol. The van der Waals surface area contributed by atoms with E-state index in [4.69, 9.17) is 4.74 Å². The summed E-state index contributed by atoms with van der Waals surface area (Å²) in [7, 11) is 0. The van der Waals surface area contributed by atoms with E-state index in [1.54, 1.807) is 13.8 Å². The van der Waals surface area contributed by atoms with E-state index < -0.39 is 48.3 Å². The van der Waals surface area contributed by atoms with E-state index in [-0.39, 0.29) is 12.3 Å². The van der Waals surface area contributed by atoms with Crippen LogP contribution in [0.2, 0.25) is 0 Å². The van der Waals surface area contributed by atoms with Crippen LogP contribution >= 0.6 is 0 Å². The summed E-state index contributed by atoms with van der Waals surface area (Å²) in [4.78, 5) is 12.0. The van der Waals surface area contributed by atoms with Crippen LogP contribution in [-0.2, 0) is 9.53 Å². The molecule has 3 nitrogen and oxygen atoms in total. The van der Waals surface area contributed by atoms with Gasteiger partial charge in [-0.1, -0.05) is 20.8 Å². The smallest absolute Gasteiger partial charge is 0.417 e. The molecule has 0 aromatic rings. The fraction of sp³-hybridized carbons (Fsp3) is 0.933. The van der Waals surface area contributed by atoms with E-state index in [1.807, 2.05) is 0 Å². The van der Waals surface area contributed by atoms with Gasteiger partial charge >= 0.3 is 18.3 Å². The maximum atomic E-state index is 13.1. The third kappa shape index (κ3) is 5.53. The first kappa shape index (κ1) is 23.0. The molecule has 24 heavy (non-hydrogen) atoms. The van der Waals surface area contributed by atoms with Gasteiger partial charge in [-0.05, 0) is 32.6 Å². The van der Waals surface area contributed by atoms with Crippen molar-refractivity contribution in [2.24, 2.45) is 11.3 Å². The molecule has 0 saturated carbocycles. The molecule has 0 spiro atoms. The molecule has 0 aliphatic heterocycles. The lowest BCUT2D eigenvalue weighted by Gasteiger charge is -2.34. The van der Waals surface area contributed by atoms with Gasteiger partial charge in [0.25, 0.3) is 0 Å². The Labute approximate surface area is 137 Å². The molecule has 0 heterocycles. The van der Waals surface area contributed by atoms with Crippen molar-refractivity contribution in [2.75, 3.05) is 0 Å². The van der Waals surface area contributed by atoms with Crippen molar-refractivity contribution in [3.63, 3.8) is 0 Å². The molecule has 0 aliphatic carbocycles. The summed E-state index contributed by atoms with van der Waals surface area (Å²) in [5.41, 5.74) is -5.99. The van der Waals surface area contributed by atoms with E-state index in [2.05, 4.69) is 0 Å². The molecule has 0 aromatic heterocycles. The summed E-state index contributed by atoms with van der Waals surface area (Å²) >= 11 is 0. The highest BCUT2D eigenvalue weighted by Crippen LogP contribution is 2.43. The highest BCUT2D eigenvalue weighted by molar-refractivity contribution is 5.77. The predicted molar refractivity (Wildman–Crippen MR) is 75.1 cm³/mol. The first-order valence-corrected chi connectivity index (χ1v) is 7.55. The molecule has 3 atom stereocenters. The van der Waals surface area contributed by atoms with Crippen LogP contribution in [0.25, 0.3) is 0 Å². The summed E-state index contributed by atoms with van der Waals surface area (Å²) < 4.78 is 82.3. The zero-order valence-corrected chi connectivity index (χ0v) is 14.3. The Kier molecular flexibility index (Phi) is 7.18. The van der Waals surface area contributed by atoms with E-state index in [9.17, 15) is 36.2 Å². The lowest BCUT2D eigenvalue weighted by molar-refractivity contribution is -0.265. The maximum Gasteiger partial charge on any atom is 0.417 e. The van der Waals surface area contributed by atoms with E-state index in [1.165, 1.54) is 0 Å². The van der Waals surface area contributed by atoms with Crippen molar-refractivity contribution >= 4 is 5.97 Å². The second kappa shape index (κ2) is 7.49. The van der Waals surface area contributed by atoms with Gasteiger partial charge in [-0.3, -0.25) is 4.79 Å². The molecule has 0 rings (SSSR count). The van der Waals surface area contributed by atoms with Crippen LogP contribution in [-0.4, -0.2) is 35.1 Å². The minimum absolute atomic E-state index is 0.102. The molecule has 9 heteroatoms.